The van der Waals surface area contributed by atoms with E-state index in [1.165, 1.54) is 0 Å². The van der Waals surface area contributed by atoms with Gasteiger partial charge < -0.3 is 10.6 Å². The molecule has 0 spiro atoms. The van der Waals surface area contributed by atoms with E-state index in [2.05, 4.69) is 23.3 Å². The third-order valence-electron chi connectivity index (χ3n) is 4.05. The maximum absolute atomic E-state index is 12.5. The highest BCUT2D eigenvalue weighted by Crippen LogP contribution is 2.06. The molecule has 2 amide bonds. The predicted molar refractivity (Wildman–Crippen MR) is 108 cm³/mol. The molecule has 0 saturated heterocycles. The number of benzene rings is 2. The minimum Gasteiger partial charge on any atom is -0.354 e. The second-order valence-electron chi connectivity index (χ2n) is 6.16. The SMILES string of the molecule is O=C(CCc1ccccc1)N[C@@H](Cc1ccccc1)C(=O)NCCCS. The van der Waals surface area contributed by atoms with Gasteiger partial charge in [0.2, 0.25) is 11.8 Å². The van der Waals surface area contributed by atoms with Crippen molar-refractivity contribution in [1.29, 1.82) is 0 Å². The van der Waals surface area contributed by atoms with Gasteiger partial charge in [0.25, 0.3) is 0 Å². The normalized spacial score (nSPS) is 11.6. The summed E-state index contributed by atoms with van der Waals surface area (Å²) >= 11 is 4.15. The van der Waals surface area contributed by atoms with Gasteiger partial charge in [0.05, 0.1) is 0 Å². The van der Waals surface area contributed by atoms with E-state index in [1.807, 2.05) is 60.7 Å². The van der Waals surface area contributed by atoms with Crippen molar-refractivity contribution in [1.82, 2.24) is 10.6 Å². The van der Waals surface area contributed by atoms with Crippen molar-refractivity contribution in [3.63, 3.8) is 0 Å². The molecule has 2 N–H and O–H groups in total. The van der Waals surface area contributed by atoms with Crippen molar-refractivity contribution < 1.29 is 9.59 Å². The largest absolute Gasteiger partial charge is 0.354 e. The van der Waals surface area contributed by atoms with E-state index in [0.29, 0.717) is 31.6 Å². The van der Waals surface area contributed by atoms with E-state index in [-0.39, 0.29) is 11.8 Å². The topological polar surface area (TPSA) is 58.2 Å². The minimum absolute atomic E-state index is 0.112. The van der Waals surface area contributed by atoms with E-state index in [9.17, 15) is 9.59 Å². The zero-order valence-electron chi connectivity index (χ0n) is 14.9. The first-order valence-electron chi connectivity index (χ1n) is 8.95. The molecule has 26 heavy (non-hydrogen) atoms. The molecule has 2 aromatic carbocycles. The van der Waals surface area contributed by atoms with Gasteiger partial charge in [0.15, 0.2) is 0 Å². The molecule has 0 fully saturated rings. The maximum Gasteiger partial charge on any atom is 0.242 e. The molecule has 0 saturated carbocycles. The first kappa shape index (κ1) is 20.0. The number of rotatable bonds is 10. The van der Waals surface area contributed by atoms with Gasteiger partial charge >= 0.3 is 0 Å². The van der Waals surface area contributed by atoms with Gasteiger partial charge in [-0.3, -0.25) is 9.59 Å². The van der Waals surface area contributed by atoms with E-state index in [0.717, 1.165) is 17.5 Å². The molecule has 0 aliphatic rings. The zero-order chi connectivity index (χ0) is 18.6. The fourth-order valence-electron chi connectivity index (χ4n) is 2.64. The van der Waals surface area contributed by atoms with Crippen molar-refractivity contribution in [3.8, 4) is 0 Å². The number of carbonyl (C=O) groups excluding carboxylic acids is 2. The maximum atomic E-state index is 12.5. The average molecular weight is 371 g/mol. The summed E-state index contributed by atoms with van der Waals surface area (Å²) in [5.41, 5.74) is 2.13. The lowest BCUT2D eigenvalue weighted by molar-refractivity contribution is -0.129. The van der Waals surface area contributed by atoms with E-state index in [4.69, 9.17) is 0 Å². The van der Waals surface area contributed by atoms with Crippen LogP contribution in [0.3, 0.4) is 0 Å². The lowest BCUT2D eigenvalue weighted by atomic mass is 10.0. The predicted octanol–water partition coefficient (Wildman–Crippen LogP) is 2.78. The lowest BCUT2D eigenvalue weighted by Crippen LogP contribution is -2.48. The van der Waals surface area contributed by atoms with Crippen molar-refractivity contribution in [2.24, 2.45) is 0 Å². The number of aryl methyl sites for hydroxylation is 1. The summed E-state index contributed by atoms with van der Waals surface area (Å²) in [6, 6.07) is 19.0. The van der Waals surface area contributed by atoms with Crippen LogP contribution < -0.4 is 10.6 Å². The average Bonchev–Trinajstić information content (AvgIpc) is 2.67. The summed E-state index contributed by atoms with van der Waals surface area (Å²) in [7, 11) is 0. The Kier molecular flexibility index (Phi) is 8.76. The standard InChI is InChI=1S/C21H26N2O2S/c24-20(13-12-17-8-3-1-4-9-17)23-19(21(25)22-14-7-15-26)16-18-10-5-2-6-11-18/h1-6,8-11,19,26H,7,12-16H2,(H,22,25)(H,23,24)/t19-/m0/s1. The van der Waals surface area contributed by atoms with Crippen LogP contribution in [0.25, 0.3) is 0 Å². The van der Waals surface area contributed by atoms with E-state index >= 15 is 0 Å². The number of hydrogen-bond acceptors (Lipinski definition) is 3. The van der Waals surface area contributed by atoms with Gasteiger partial charge in [0.1, 0.15) is 6.04 Å². The quantitative estimate of drug-likeness (QED) is 0.445. The number of nitrogens with one attached hydrogen (secondary N) is 2. The highest BCUT2D eigenvalue weighted by molar-refractivity contribution is 7.80. The van der Waals surface area contributed by atoms with Crippen LogP contribution in [-0.2, 0) is 22.4 Å². The molecule has 0 radical (unpaired) electrons. The molecule has 2 rings (SSSR count). The fourth-order valence-corrected chi connectivity index (χ4v) is 2.80. The molecule has 4 nitrogen and oxygen atoms in total. The number of carbonyl (C=O) groups is 2. The first-order valence-corrected chi connectivity index (χ1v) is 9.58. The van der Waals surface area contributed by atoms with Crippen molar-refractivity contribution in [3.05, 3.63) is 71.8 Å². The molecular formula is C21H26N2O2S. The third kappa shape index (κ3) is 7.31. The number of amides is 2. The molecule has 0 bridgehead atoms. The first-order chi connectivity index (χ1) is 12.7. The smallest absolute Gasteiger partial charge is 0.242 e. The summed E-state index contributed by atoms with van der Waals surface area (Å²) < 4.78 is 0. The Hall–Kier alpha value is -2.27. The Bertz CT molecular complexity index is 677. The molecular weight excluding hydrogens is 344 g/mol. The van der Waals surface area contributed by atoms with Gasteiger partial charge in [-0.1, -0.05) is 60.7 Å². The molecule has 0 aliphatic carbocycles. The van der Waals surface area contributed by atoms with Gasteiger partial charge in [0, 0.05) is 19.4 Å². The Morgan fingerprint density at radius 2 is 1.54 bits per heavy atom. The van der Waals surface area contributed by atoms with Gasteiger partial charge in [-0.2, -0.15) is 12.6 Å². The summed E-state index contributed by atoms with van der Waals surface area (Å²) in [5.74, 6) is 0.454. The number of hydrogen-bond donors (Lipinski definition) is 3. The van der Waals surface area contributed by atoms with Crippen LogP contribution >= 0.6 is 12.6 Å². The highest BCUT2D eigenvalue weighted by Gasteiger charge is 2.20. The Labute approximate surface area is 160 Å². The molecule has 0 aromatic heterocycles. The van der Waals surface area contributed by atoms with Crippen LogP contribution in [0.1, 0.15) is 24.0 Å². The van der Waals surface area contributed by atoms with Crippen LogP contribution in [-0.4, -0.2) is 30.2 Å². The Balaban J connectivity index is 1.93. The summed E-state index contributed by atoms with van der Waals surface area (Å²) in [5, 5.41) is 5.77. The van der Waals surface area contributed by atoms with Crippen molar-refractivity contribution in [2.45, 2.75) is 31.7 Å². The molecule has 0 heterocycles. The van der Waals surface area contributed by atoms with E-state index < -0.39 is 6.04 Å². The molecule has 1 atom stereocenters. The second kappa shape index (κ2) is 11.4. The van der Waals surface area contributed by atoms with Gasteiger partial charge in [-0.25, -0.2) is 0 Å². The van der Waals surface area contributed by atoms with Gasteiger partial charge in [-0.15, -0.1) is 0 Å². The summed E-state index contributed by atoms with van der Waals surface area (Å²) in [6.07, 6.45) is 2.30. The lowest BCUT2D eigenvalue weighted by Gasteiger charge is -2.19. The minimum atomic E-state index is -0.569. The number of thiol groups is 1. The fraction of sp³-hybridized carbons (Fsp3) is 0.333. The van der Waals surface area contributed by atoms with Crippen LogP contribution in [0.5, 0.6) is 0 Å². The molecule has 5 heteroatoms. The van der Waals surface area contributed by atoms with Crippen molar-refractivity contribution in [2.75, 3.05) is 12.3 Å². The van der Waals surface area contributed by atoms with Crippen LogP contribution in [0.4, 0.5) is 0 Å². The van der Waals surface area contributed by atoms with Crippen molar-refractivity contribution >= 4 is 24.4 Å². The molecule has 2 aromatic rings. The highest BCUT2D eigenvalue weighted by atomic mass is 32.1. The monoisotopic (exact) mass is 370 g/mol. The van der Waals surface area contributed by atoms with E-state index in [1.54, 1.807) is 0 Å². The molecule has 138 valence electrons. The van der Waals surface area contributed by atoms with Gasteiger partial charge in [-0.05, 0) is 29.7 Å². The molecule has 0 unspecified atom stereocenters. The Morgan fingerprint density at radius 3 is 2.15 bits per heavy atom. The summed E-state index contributed by atoms with van der Waals surface area (Å²) in [6.45, 7) is 0.563. The van der Waals surface area contributed by atoms with Crippen LogP contribution in [0.15, 0.2) is 60.7 Å². The Morgan fingerprint density at radius 1 is 0.923 bits per heavy atom. The van der Waals surface area contributed by atoms with Crippen LogP contribution in [0, 0.1) is 0 Å². The zero-order valence-corrected chi connectivity index (χ0v) is 15.8. The van der Waals surface area contributed by atoms with Crippen LogP contribution in [0.2, 0.25) is 0 Å². The molecule has 0 aliphatic heterocycles. The third-order valence-corrected chi connectivity index (χ3v) is 4.37. The second-order valence-corrected chi connectivity index (χ2v) is 6.61. The summed E-state index contributed by atoms with van der Waals surface area (Å²) in [4.78, 5) is 24.8.